The Morgan fingerprint density at radius 3 is 2.39 bits per heavy atom. The SMILES string of the molecule is CC[C@@]1(C(C)C)O[C@H]2OC(C)(C)OC2[C@H]1OCc1ccccc1. The molecule has 2 aliphatic rings. The number of benzene rings is 1. The Kier molecular flexibility index (Phi) is 4.53. The van der Waals surface area contributed by atoms with Gasteiger partial charge in [-0.2, -0.15) is 0 Å². The van der Waals surface area contributed by atoms with Crippen molar-refractivity contribution in [2.45, 2.75) is 77.5 Å². The summed E-state index contributed by atoms with van der Waals surface area (Å²) in [7, 11) is 0. The lowest BCUT2D eigenvalue weighted by Crippen LogP contribution is -2.49. The van der Waals surface area contributed by atoms with Crippen molar-refractivity contribution in [3.05, 3.63) is 35.9 Å². The molecule has 0 aliphatic carbocycles. The highest BCUT2D eigenvalue weighted by atomic mass is 16.8. The standard InChI is InChI=1S/C19H28O4/c1-6-19(13(2)3)16(20-12-14-10-8-7-9-11-14)15-17(23-19)22-18(4,5)21-15/h7-11,13,15-17H,6,12H2,1-5H3/t15?,16-,17-,19+/m1/s1. The van der Waals surface area contributed by atoms with Gasteiger partial charge in [-0.05, 0) is 31.7 Å². The fourth-order valence-electron chi connectivity index (χ4n) is 3.77. The Morgan fingerprint density at radius 2 is 1.78 bits per heavy atom. The van der Waals surface area contributed by atoms with Crippen LogP contribution in [0.3, 0.4) is 0 Å². The summed E-state index contributed by atoms with van der Waals surface area (Å²) < 4.78 is 24.7. The van der Waals surface area contributed by atoms with Gasteiger partial charge in [0.15, 0.2) is 12.1 Å². The van der Waals surface area contributed by atoms with Crippen LogP contribution in [0.4, 0.5) is 0 Å². The molecule has 1 aromatic rings. The maximum atomic E-state index is 6.35. The van der Waals surface area contributed by atoms with Crippen LogP contribution in [-0.2, 0) is 25.6 Å². The number of hydrogen-bond donors (Lipinski definition) is 0. The first-order chi connectivity index (χ1) is 10.9. The van der Waals surface area contributed by atoms with Crippen LogP contribution in [0.25, 0.3) is 0 Å². The monoisotopic (exact) mass is 320 g/mol. The Hall–Kier alpha value is -0.940. The molecule has 2 heterocycles. The summed E-state index contributed by atoms with van der Waals surface area (Å²) in [5.74, 6) is -0.310. The van der Waals surface area contributed by atoms with Crippen LogP contribution in [0.2, 0.25) is 0 Å². The summed E-state index contributed by atoms with van der Waals surface area (Å²) in [5, 5.41) is 0. The number of fused-ring (bicyclic) bond motifs is 1. The molecule has 2 aliphatic heterocycles. The molecule has 0 N–H and O–H groups in total. The van der Waals surface area contributed by atoms with E-state index >= 15 is 0 Å². The van der Waals surface area contributed by atoms with Crippen molar-refractivity contribution in [3.63, 3.8) is 0 Å². The van der Waals surface area contributed by atoms with E-state index in [0.29, 0.717) is 12.5 Å². The van der Waals surface area contributed by atoms with Gasteiger partial charge in [-0.3, -0.25) is 0 Å². The lowest BCUT2D eigenvalue weighted by molar-refractivity contribution is -0.254. The fraction of sp³-hybridized carbons (Fsp3) is 0.684. The maximum absolute atomic E-state index is 6.35. The Morgan fingerprint density at radius 1 is 1.09 bits per heavy atom. The lowest BCUT2D eigenvalue weighted by Gasteiger charge is -2.39. The zero-order valence-corrected chi connectivity index (χ0v) is 14.7. The first kappa shape index (κ1) is 16.9. The molecular weight excluding hydrogens is 292 g/mol. The molecule has 4 heteroatoms. The van der Waals surface area contributed by atoms with Gasteiger partial charge in [-0.25, -0.2) is 0 Å². The third-order valence-corrected chi connectivity index (χ3v) is 5.01. The van der Waals surface area contributed by atoms with Crippen molar-refractivity contribution in [1.82, 2.24) is 0 Å². The van der Waals surface area contributed by atoms with E-state index < -0.39 is 5.79 Å². The molecule has 4 nitrogen and oxygen atoms in total. The molecule has 4 atom stereocenters. The second-order valence-corrected chi connectivity index (χ2v) is 7.27. The first-order valence-corrected chi connectivity index (χ1v) is 8.57. The predicted octanol–water partition coefficient (Wildman–Crippen LogP) is 3.88. The molecule has 0 saturated carbocycles. The van der Waals surface area contributed by atoms with Crippen molar-refractivity contribution >= 4 is 0 Å². The summed E-state index contributed by atoms with van der Waals surface area (Å²) >= 11 is 0. The van der Waals surface area contributed by atoms with Crippen molar-refractivity contribution in [2.75, 3.05) is 0 Å². The summed E-state index contributed by atoms with van der Waals surface area (Å²) in [5.41, 5.74) is 0.781. The zero-order valence-electron chi connectivity index (χ0n) is 14.7. The molecule has 2 fully saturated rings. The zero-order chi connectivity index (χ0) is 16.7. The van der Waals surface area contributed by atoms with Crippen molar-refractivity contribution in [1.29, 1.82) is 0 Å². The van der Waals surface area contributed by atoms with Gasteiger partial charge in [0.05, 0.1) is 6.61 Å². The van der Waals surface area contributed by atoms with Gasteiger partial charge in [-0.1, -0.05) is 51.1 Å². The molecule has 1 unspecified atom stereocenters. The van der Waals surface area contributed by atoms with E-state index in [4.69, 9.17) is 18.9 Å². The van der Waals surface area contributed by atoms with Crippen LogP contribution in [0.15, 0.2) is 30.3 Å². The molecular formula is C19H28O4. The van der Waals surface area contributed by atoms with Crippen LogP contribution >= 0.6 is 0 Å². The molecule has 128 valence electrons. The topological polar surface area (TPSA) is 36.9 Å². The Labute approximate surface area is 139 Å². The third-order valence-electron chi connectivity index (χ3n) is 5.01. The molecule has 0 radical (unpaired) electrons. The first-order valence-electron chi connectivity index (χ1n) is 8.57. The smallest absolute Gasteiger partial charge is 0.190 e. The van der Waals surface area contributed by atoms with Gasteiger partial charge in [-0.15, -0.1) is 0 Å². The van der Waals surface area contributed by atoms with E-state index in [9.17, 15) is 0 Å². The van der Waals surface area contributed by atoms with Crippen LogP contribution < -0.4 is 0 Å². The van der Waals surface area contributed by atoms with Crippen molar-refractivity contribution in [2.24, 2.45) is 5.92 Å². The second-order valence-electron chi connectivity index (χ2n) is 7.27. The van der Waals surface area contributed by atoms with E-state index in [2.05, 4.69) is 32.9 Å². The molecule has 0 aromatic heterocycles. The highest BCUT2D eigenvalue weighted by molar-refractivity contribution is 5.14. The van der Waals surface area contributed by atoms with E-state index in [1.54, 1.807) is 0 Å². The van der Waals surface area contributed by atoms with Gasteiger partial charge in [0.2, 0.25) is 0 Å². The minimum atomic E-state index is -0.624. The summed E-state index contributed by atoms with van der Waals surface area (Å²) in [6.07, 6.45) is 0.188. The molecule has 2 saturated heterocycles. The molecule has 23 heavy (non-hydrogen) atoms. The van der Waals surface area contributed by atoms with Gasteiger partial charge in [0, 0.05) is 0 Å². The molecule has 0 bridgehead atoms. The van der Waals surface area contributed by atoms with Gasteiger partial charge >= 0.3 is 0 Å². The number of ether oxygens (including phenoxy) is 4. The minimum Gasteiger partial charge on any atom is -0.368 e. The second kappa shape index (κ2) is 6.17. The van der Waals surface area contributed by atoms with Gasteiger partial charge < -0.3 is 18.9 Å². The van der Waals surface area contributed by atoms with Crippen LogP contribution in [-0.4, -0.2) is 29.9 Å². The minimum absolute atomic E-state index is 0.139. The van der Waals surface area contributed by atoms with E-state index in [0.717, 1.165) is 12.0 Å². The summed E-state index contributed by atoms with van der Waals surface area (Å²) in [4.78, 5) is 0. The molecule has 1 aromatic carbocycles. The number of rotatable bonds is 5. The van der Waals surface area contributed by atoms with Crippen molar-refractivity contribution in [3.8, 4) is 0 Å². The third kappa shape index (κ3) is 3.05. The van der Waals surface area contributed by atoms with Crippen LogP contribution in [0.1, 0.15) is 46.6 Å². The summed E-state index contributed by atoms with van der Waals surface area (Å²) in [6, 6.07) is 10.2. The lowest BCUT2D eigenvalue weighted by atomic mass is 9.82. The molecule has 0 spiro atoms. The molecule has 3 rings (SSSR count). The van der Waals surface area contributed by atoms with E-state index in [1.807, 2.05) is 32.0 Å². The van der Waals surface area contributed by atoms with Crippen LogP contribution in [0.5, 0.6) is 0 Å². The Bertz CT molecular complexity index is 527. The predicted molar refractivity (Wildman–Crippen MR) is 87.8 cm³/mol. The van der Waals surface area contributed by atoms with E-state index in [1.165, 1.54) is 0 Å². The fourth-order valence-corrected chi connectivity index (χ4v) is 3.77. The van der Waals surface area contributed by atoms with Gasteiger partial charge in [0.1, 0.15) is 17.8 Å². The average Bonchev–Trinajstić information content (AvgIpc) is 2.95. The van der Waals surface area contributed by atoms with Crippen molar-refractivity contribution < 1.29 is 18.9 Å². The maximum Gasteiger partial charge on any atom is 0.190 e. The summed E-state index contributed by atoms with van der Waals surface area (Å²) in [6.45, 7) is 10.9. The highest BCUT2D eigenvalue weighted by Gasteiger charge is 2.62. The molecule has 0 amide bonds. The van der Waals surface area contributed by atoms with Gasteiger partial charge in [0.25, 0.3) is 0 Å². The van der Waals surface area contributed by atoms with E-state index in [-0.39, 0.29) is 24.1 Å². The largest absolute Gasteiger partial charge is 0.368 e. The quantitative estimate of drug-likeness (QED) is 0.825. The highest BCUT2D eigenvalue weighted by Crippen LogP contribution is 2.48. The average molecular weight is 320 g/mol. The van der Waals surface area contributed by atoms with Crippen LogP contribution in [0, 0.1) is 5.92 Å². The Balaban J connectivity index is 1.82. The normalized spacial score (nSPS) is 35.7. The number of hydrogen-bond acceptors (Lipinski definition) is 4.